The first kappa shape index (κ1) is 12.0. The maximum atomic E-state index is 12.3. The van der Waals surface area contributed by atoms with Crippen molar-refractivity contribution in [3.05, 3.63) is 23.3 Å². The van der Waals surface area contributed by atoms with Crippen molar-refractivity contribution in [1.29, 1.82) is 0 Å². The second-order valence-corrected chi connectivity index (χ2v) is 5.69. The molecule has 3 aliphatic heterocycles. The van der Waals surface area contributed by atoms with Gasteiger partial charge in [-0.2, -0.15) is 0 Å². The summed E-state index contributed by atoms with van der Waals surface area (Å²) in [5.74, 6) is 0.920. The molecule has 0 amide bonds. The lowest BCUT2D eigenvalue weighted by Gasteiger charge is -2.33. The zero-order valence-corrected chi connectivity index (χ0v) is 11.4. The lowest BCUT2D eigenvalue weighted by atomic mass is 9.84. The van der Waals surface area contributed by atoms with Gasteiger partial charge in [-0.25, -0.2) is 4.79 Å². The van der Waals surface area contributed by atoms with Gasteiger partial charge in [0.1, 0.15) is 23.9 Å². The van der Waals surface area contributed by atoms with Gasteiger partial charge in [-0.15, -0.1) is 0 Å². The molecule has 5 nitrogen and oxygen atoms in total. The Bertz CT molecular complexity index is 577. The van der Waals surface area contributed by atoms with Gasteiger partial charge in [0.2, 0.25) is 0 Å². The van der Waals surface area contributed by atoms with Crippen molar-refractivity contribution < 1.29 is 19.0 Å². The van der Waals surface area contributed by atoms with E-state index in [4.69, 9.17) is 14.2 Å². The van der Waals surface area contributed by atoms with Crippen LogP contribution in [-0.4, -0.2) is 31.8 Å². The van der Waals surface area contributed by atoms with E-state index < -0.39 is 5.60 Å². The van der Waals surface area contributed by atoms with Crippen LogP contribution in [0.4, 0.5) is 0 Å². The minimum atomic E-state index is -0.473. The summed E-state index contributed by atoms with van der Waals surface area (Å²) in [5, 5.41) is 3.30. The van der Waals surface area contributed by atoms with Crippen LogP contribution in [0, 0.1) is 0 Å². The van der Waals surface area contributed by atoms with Gasteiger partial charge in [-0.3, -0.25) is 0 Å². The van der Waals surface area contributed by atoms with Crippen LogP contribution < -0.4 is 14.8 Å². The lowest BCUT2D eigenvalue weighted by molar-refractivity contribution is -0.0242. The van der Waals surface area contributed by atoms with E-state index in [0.29, 0.717) is 23.7 Å². The molecule has 0 aliphatic carbocycles. The summed E-state index contributed by atoms with van der Waals surface area (Å²) in [7, 11) is 0. The highest BCUT2D eigenvalue weighted by atomic mass is 16.6. The smallest absolute Gasteiger partial charge is 0.343 e. The Morgan fingerprint density at radius 2 is 2.10 bits per heavy atom. The number of esters is 1. The minimum absolute atomic E-state index is 0.00538. The van der Waals surface area contributed by atoms with Gasteiger partial charge < -0.3 is 19.5 Å². The number of carbonyl (C=O) groups excluding carboxylic acids is 1. The average molecular weight is 275 g/mol. The third kappa shape index (κ3) is 1.56. The van der Waals surface area contributed by atoms with E-state index in [0.717, 1.165) is 31.5 Å². The van der Waals surface area contributed by atoms with Crippen molar-refractivity contribution in [2.45, 2.75) is 31.5 Å². The molecule has 1 N–H and O–H groups in total. The number of benzene rings is 1. The predicted octanol–water partition coefficient (Wildman–Crippen LogP) is 1.60. The first-order chi connectivity index (χ1) is 9.70. The van der Waals surface area contributed by atoms with Crippen molar-refractivity contribution in [3.63, 3.8) is 0 Å². The summed E-state index contributed by atoms with van der Waals surface area (Å²) in [4.78, 5) is 12.3. The number of rotatable bonds is 0. The summed E-state index contributed by atoms with van der Waals surface area (Å²) in [6, 6.07) is 3.86. The zero-order valence-electron chi connectivity index (χ0n) is 11.4. The predicted molar refractivity (Wildman–Crippen MR) is 71.2 cm³/mol. The summed E-state index contributed by atoms with van der Waals surface area (Å²) >= 11 is 0. The molecular formula is C15H17NO4. The summed E-state index contributed by atoms with van der Waals surface area (Å²) in [6.45, 7) is 4.13. The molecule has 1 atom stereocenters. The fourth-order valence-corrected chi connectivity index (χ4v) is 3.32. The molecule has 3 aliphatic rings. The topological polar surface area (TPSA) is 56.8 Å². The second kappa shape index (κ2) is 4.12. The largest absolute Gasteiger partial charge is 0.485 e. The molecule has 0 aromatic heterocycles. The number of fused-ring (bicyclic) bond motifs is 4. The molecule has 0 saturated carbocycles. The average Bonchev–Trinajstić information content (AvgIpc) is 2.72. The number of hydrogen-bond acceptors (Lipinski definition) is 5. The van der Waals surface area contributed by atoms with Crippen LogP contribution in [-0.2, 0) is 10.3 Å². The maximum absolute atomic E-state index is 12.3. The van der Waals surface area contributed by atoms with Crippen LogP contribution in [0.5, 0.6) is 11.5 Å². The molecule has 4 rings (SSSR count). The van der Waals surface area contributed by atoms with E-state index in [9.17, 15) is 4.79 Å². The molecule has 1 saturated heterocycles. The molecule has 5 heteroatoms. The van der Waals surface area contributed by atoms with E-state index in [1.54, 1.807) is 0 Å². The molecule has 20 heavy (non-hydrogen) atoms. The molecule has 1 fully saturated rings. The maximum Gasteiger partial charge on any atom is 0.343 e. The Morgan fingerprint density at radius 3 is 2.90 bits per heavy atom. The highest BCUT2D eigenvalue weighted by molar-refractivity contribution is 5.98. The molecule has 0 bridgehead atoms. The molecule has 1 unspecified atom stereocenters. The third-order valence-electron chi connectivity index (χ3n) is 4.31. The Balaban J connectivity index is 1.84. The highest BCUT2D eigenvalue weighted by Crippen LogP contribution is 2.49. The first-order valence-electron chi connectivity index (χ1n) is 7.11. The van der Waals surface area contributed by atoms with Crippen LogP contribution in [0.2, 0.25) is 0 Å². The van der Waals surface area contributed by atoms with Crippen molar-refractivity contribution in [1.82, 2.24) is 5.32 Å². The lowest BCUT2D eigenvalue weighted by Crippen LogP contribution is -2.40. The van der Waals surface area contributed by atoms with Crippen molar-refractivity contribution in [3.8, 4) is 11.5 Å². The number of nitrogens with one attached hydrogen (secondary N) is 1. The van der Waals surface area contributed by atoms with E-state index in [1.807, 2.05) is 19.1 Å². The number of carbonyl (C=O) groups is 1. The van der Waals surface area contributed by atoms with E-state index in [-0.39, 0.29) is 12.1 Å². The Labute approximate surface area is 117 Å². The number of piperidine rings is 1. The van der Waals surface area contributed by atoms with Crippen LogP contribution in [0.3, 0.4) is 0 Å². The van der Waals surface area contributed by atoms with E-state index in [1.165, 1.54) is 0 Å². The molecule has 106 valence electrons. The van der Waals surface area contributed by atoms with Gasteiger partial charge >= 0.3 is 5.97 Å². The summed E-state index contributed by atoms with van der Waals surface area (Å²) in [6.07, 6.45) is 1.62. The molecular weight excluding hydrogens is 258 g/mol. The molecule has 3 heterocycles. The standard InChI is InChI=1S/C15H17NO4/c1-9-8-18-13-11(19-9)3-2-10-12(13)14(17)20-15(10)4-6-16-7-5-15/h2-3,9,16H,4-8H2,1H3. The normalized spacial score (nSPS) is 26.2. The summed E-state index contributed by atoms with van der Waals surface area (Å²) in [5.41, 5.74) is 1.05. The summed E-state index contributed by atoms with van der Waals surface area (Å²) < 4.78 is 17.2. The minimum Gasteiger partial charge on any atom is -0.485 e. The van der Waals surface area contributed by atoms with Crippen LogP contribution in [0.15, 0.2) is 12.1 Å². The van der Waals surface area contributed by atoms with Gasteiger partial charge in [-0.05, 0) is 26.1 Å². The van der Waals surface area contributed by atoms with Gasteiger partial charge in [0, 0.05) is 18.4 Å². The molecule has 1 aromatic carbocycles. The van der Waals surface area contributed by atoms with E-state index in [2.05, 4.69) is 5.32 Å². The van der Waals surface area contributed by atoms with Crippen molar-refractivity contribution in [2.24, 2.45) is 0 Å². The van der Waals surface area contributed by atoms with Crippen LogP contribution in [0.25, 0.3) is 0 Å². The Hall–Kier alpha value is -1.75. The van der Waals surface area contributed by atoms with Crippen molar-refractivity contribution >= 4 is 5.97 Å². The monoisotopic (exact) mass is 275 g/mol. The fraction of sp³-hybridized carbons (Fsp3) is 0.533. The first-order valence-corrected chi connectivity index (χ1v) is 7.11. The molecule has 1 spiro atoms. The zero-order chi connectivity index (χ0) is 13.7. The van der Waals surface area contributed by atoms with Crippen LogP contribution in [0.1, 0.15) is 35.7 Å². The quantitative estimate of drug-likeness (QED) is 0.729. The Kier molecular flexibility index (Phi) is 2.48. The third-order valence-corrected chi connectivity index (χ3v) is 4.31. The molecule has 0 radical (unpaired) electrons. The van der Waals surface area contributed by atoms with E-state index >= 15 is 0 Å². The number of hydrogen-bond donors (Lipinski definition) is 1. The Morgan fingerprint density at radius 1 is 1.30 bits per heavy atom. The highest BCUT2D eigenvalue weighted by Gasteiger charge is 2.48. The second-order valence-electron chi connectivity index (χ2n) is 5.69. The van der Waals surface area contributed by atoms with Crippen molar-refractivity contribution in [2.75, 3.05) is 19.7 Å². The van der Waals surface area contributed by atoms with Gasteiger partial charge in [0.05, 0.1) is 0 Å². The fourth-order valence-electron chi connectivity index (χ4n) is 3.32. The SMILES string of the molecule is CC1COc2c(ccc3c2C(=O)OC32CCNCC2)O1. The molecule has 1 aromatic rings. The van der Waals surface area contributed by atoms with Crippen LogP contribution >= 0.6 is 0 Å². The van der Waals surface area contributed by atoms with Gasteiger partial charge in [0.15, 0.2) is 11.5 Å². The van der Waals surface area contributed by atoms with Gasteiger partial charge in [-0.1, -0.05) is 6.07 Å². The number of ether oxygens (including phenoxy) is 3. The van der Waals surface area contributed by atoms with Gasteiger partial charge in [0.25, 0.3) is 0 Å².